The van der Waals surface area contributed by atoms with E-state index >= 15 is 0 Å². The Balaban J connectivity index is 2.03. The Hall–Kier alpha value is -1.31. The van der Waals surface area contributed by atoms with Gasteiger partial charge in [0.2, 0.25) is 5.91 Å². The van der Waals surface area contributed by atoms with E-state index in [1.807, 2.05) is 30.0 Å². The second kappa shape index (κ2) is 4.47. The van der Waals surface area contributed by atoms with Crippen LogP contribution in [-0.2, 0) is 11.3 Å². The zero-order valence-corrected chi connectivity index (χ0v) is 9.15. The van der Waals surface area contributed by atoms with Gasteiger partial charge in [0, 0.05) is 19.0 Å². The molecule has 0 bridgehead atoms. The maximum Gasteiger partial charge on any atom is 0.225 e. The first-order chi connectivity index (χ1) is 7.27. The van der Waals surface area contributed by atoms with Gasteiger partial charge in [-0.3, -0.25) is 4.79 Å². The van der Waals surface area contributed by atoms with E-state index in [0.717, 1.165) is 25.9 Å². The van der Waals surface area contributed by atoms with Crippen molar-refractivity contribution in [2.24, 2.45) is 5.92 Å². The van der Waals surface area contributed by atoms with Crippen molar-refractivity contribution in [2.45, 2.75) is 26.3 Å². The molecule has 0 N–H and O–H groups in total. The average molecular weight is 203 g/mol. The quantitative estimate of drug-likeness (QED) is 0.723. The SMILES string of the molecule is C[C@H]1CCCN(Cc2ccccc2)C1=O. The summed E-state index contributed by atoms with van der Waals surface area (Å²) < 4.78 is 0. The predicted molar refractivity (Wildman–Crippen MR) is 60.3 cm³/mol. The topological polar surface area (TPSA) is 20.3 Å². The van der Waals surface area contributed by atoms with Crippen molar-refractivity contribution >= 4 is 5.91 Å². The molecule has 1 atom stereocenters. The zero-order chi connectivity index (χ0) is 10.7. The van der Waals surface area contributed by atoms with Crippen LogP contribution in [0.3, 0.4) is 0 Å². The second-order valence-electron chi connectivity index (χ2n) is 4.29. The van der Waals surface area contributed by atoms with E-state index in [4.69, 9.17) is 0 Å². The summed E-state index contributed by atoms with van der Waals surface area (Å²) in [5.41, 5.74) is 1.22. The van der Waals surface area contributed by atoms with Crippen molar-refractivity contribution in [3.05, 3.63) is 35.9 Å². The molecule has 1 heterocycles. The van der Waals surface area contributed by atoms with Gasteiger partial charge in [0.15, 0.2) is 0 Å². The van der Waals surface area contributed by atoms with Crippen LogP contribution in [0, 0.1) is 5.92 Å². The minimum Gasteiger partial charge on any atom is -0.338 e. The van der Waals surface area contributed by atoms with Gasteiger partial charge in [0.05, 0.1) is 0 Å². The monoisotopic (exact) mass is 203 g/mol. The number of amides is 1. The number of carbonyl (C=O) groups is 1. The minimum absolute atomic E-state index is 0.211. The highest BCUT2D eigenvalue weighted by Gasteiger charge is 2.24. The van der Waals surface area contributed by atoms with Crippen LogP contribution in [0.2, 0.25) is 0 Å². The molecular formula is C13H17NO. The van der Waals surface area contributed by atoms with Crippen LogP contribution in [-0.4, -0.2) is 17.4 Å². The van der Waals surface area contributed by atoms with Gasteiger partial charge >= 0.3 is 0 Å². The fraction of sp³-hybridized carbons (Fsp3) is 0.462. The maximum absolute atomic E-state index is 11.9. The third-order valence-corrected chi connectivity index (χ3v) is 3.01. The van der Waals surface area contributed by atoms with Crippen LogP contribution < -0.4 is 0 Å². The molecule has 15 heavy (non-hydrogen) atoms. The number of benzene rings is 1. The fourth-order valence-corrected chi connectivity index (χ4v) is 2.09. The molecule has 2 heteroatoms. The van der Waals surface area contributed by atoms with Crippen LogP contribution in [0.5, 0.6) is 0 Å². The lowest BCUT2D eigenvalue weighted by molar-refractivity contribution is -0.138. The summed E-state index contributed by atoms with van der Waals surface area (Å²) in [5, 5.41) is 0. The summed E-state index contributed by atoms with van der Waals surface area (Å²) >= 11 is 0. The van der Waals surface area contributed by atoms with E-state index in [1.54, 1.807) is 0 Å². The number of hydrogen-bond acceptors (Lipinski definition) is 1. The molecule has 2 nitrogen and oxygen atoms in total. The van der Waals surface area contributed by atoms with Gasteiger partial charge in [0.1, 0.15) is 0 Å². The largest absolute Gasteiger partial charge is 0.338 e. The number of piperidine rings is 1. The van der Waals surface area contributed by atoms with E-state index < -0.39 is 0 Å². The number of nitrogens with zero attached hydrogens (tertiary/aromatic N) is 1. The number of rotatable bonds is 2. The van der Waals surface area contributed by atoms with Crippen LogP contribution in [0.25, 0.3) is 0 Å². The number of likely N-dealkylation sites (tertiary alicyclic amines) is 1. The number of hydrogen-bond donors (Lipinski definition) is 0. The summed E-state index contributed by atoms with van der Waals surface area (Å²) in [7, 11) is 0. The first kappa shape index (κ1) is 10.2. The smallest absolute Gasteiger partial charge is 0.225 e. The summed E-state index contributed by atoms with van der Waals surface area (Å²) in [5.74, 6) is 0.521. The molecule has 1 aromatic rings. The zero-order valence-electron chi connectivity index (χ0n) is 9.15. The van der Waals surface area contributed by atoms with Crippen LogP contribution >= 0.6 is 0 Å². The highest BCUT2D eigenvalue weighted by atomic mass is 16.2. The highest BCUT2D eigenvalue weighted by molar-refractivity contribution is 5.79. The fourth-order valence-electron chi connectivity index (χ4n) is 2.09. The van der Waals surface area contributed by atoms with Crippen LogP contribution in [0.4, 0.5) is 0 Å². The van der Waals surface area contributed by atoms with E-state index in [1.165, 1.54) is 5.56 Å². The molecule has 0 aromatic heterocycles. The Kier molecular flexibility index (Phi) is 3.05. The first-order valence-electron chi connectivity index (χ1n) is 5.60. The number of carbonyl (C=O) groups excluding carboxylic acids is 1. The summed E-state index contributed by atoms with van der Waals surface area (Å²) in [6, 6.07) is 10.2. The van der Waals surface area contributed by atoms with Crippen molar-refractivity contribution in [3.63, 3.8) is 0 Å². The Labute approximate surface area is 90.9 Å². The predicted octanol–water partition coefficient (Wildman–Crippen LogP) is 2.45. The van der Waals surface area contributed by atoms with E-state index in [2.05, 4.69) is 12.1 Å². The van der Waals surface area contributed by atoms with Crippen LogP contribution in [0.1, 0.15) is 25.3 Å². The van der Waals surface area contributed by atoms with Crippen LogP contribution in [0.15, 0.2) is 30.3 Å². The summed E-state index contributed by atoms with van der Waals surface area (Å²) in [4.78, 5) is 13.8. The Morgan fingerprint density at radius 3 is 2.80 bits per heavy atom. The highest BCUT2D eigenvalue weighted by Crippen LogP contribution is 2.19. The van der Waals surface area contributed by atoms with Gasteiger partial charge in [-0.05, 0) is 18.4 Å². The molecule has 1 saturated heterocycles. The molecule has 0 radical (unpaired) electrons. The molecule has 0 unspecified atom stereocenters. The molecule has 1 aliphatic heterocycles. The maximum atomic E-state index is 11.9. The standard InChI is InChI=1S/C13H17NO/c1-11-6-5-9-14(13(11)15)10-12-7-3-2-4-8-12/h2-4,7-8,11H,5-6,9-10H2,1H3/t11-/m0/s1. The molecule has 1 amide bonds. The van der Waals surface area contributed by atoms with E-state index in [0.29, 0.717) is 5.91 Å². The summed E-state index contributed by atoms with van der Waals surface area (Å²) in [6.07, 6.45) is 2.18. The van der Waals surface area contributed by atoms with E-state index in [9.17, 15) is 4.79 Å². The molecular weight excluding hydrogens is 186 g/mol. The van der Waals surface area contributed by atoms with Crippen molar-refractivity contribution in [1.82, 2.24) is 4.90 Å². The van der Waals surface area contributed by atoms with Crippen molar-refractivity contribution < 1.29 is 4.79 Å². The molecule has 80 valence electrons. The van der Waals surface area contributed by atoms with Gasteiger partial charge in [0.25, 0.3) is 0 Å². The Morgan fingerprint density at radius 2 is 2.07 bits per heavy atom. The van der Waals surface area contributed by atoms with Gasteiger partial charge in [-0.2, -0.15) is 0 Å². The Morgan fingerprint density at radius 1 is 1.33 bits per heavy atom. The molecule has 1 aromatic carbocycles. The van der Waals surface area contributed by atoms with Crippen molar-refractivity contribution in [1.29, 1.82) is 0 Å². The second-order valence-corrected chi connectivity index (χ2v) is 4.29. The molecule has 0 saturated carbocycles. The molecule has 1 aliphatic rings. The van der Waals surface area contributed by atoms with Gasteiger partial charge in [-0.25, -0.2) is 0 Å². The van der Waals surface area contributed by atoms with Gasteiger partial charge in [-0.1, -0.05) is 37.3 Å². The Bertz CT molecular complexity index is 334. The van der Waals surface area contributed by atoms with Crippen molar-refractivity contribution in [3.8, 4) is 0 Å². The van der Waals surface area contributed by atoms with Gasteiger partial charge in [-0.15, -0.1) is 0 Å². The lowest BCUT2D eigenvalue weighted by Gasteiger charge is -2.30. The third-order valence-electron chi connectivity index (χ3n) is 3.01. The van der Waals surface area contributed by atoms with Crippen molar-refractivity contribution in [2.75, 3.05) is 6.54 Å². The van der Waals surface area contributed by atoms with Gasteiger partial charge < -0.3 is 4.90 Å². The first-order valence-corrected chi connectivity index (χ1v) is 5.60. The molecule has 0 aliphatic carbocycles. The minimum atomic E-state index is 0.211. The molecule has 2 rings (SSSR count). The lowest BCUT2D eigenvalue weighted by Crippen LogP contribution is -2.39. The van der Waals surface area contributed by atoms with E-state index in [-0.39, 0.29) is 5.92 Å². The third kappa shape index (κ3) is 2.38. The molecule has 0 spiro atoms. The average Bonchev–Trinajstić information content (AvgIpc) is 2.26. The lowest BCUT2D eigenvalue weighted by atomic mass is 9.99. The normalized spacial score (nSPS) is 21.8. The summed E-state index contributed by atoms with van der Waals surface area (Å²) in [6.45, 7) is 3.71. The molecule has 1 fully saturated rings.